The summed E-state index contributed by atoms with van der Waals surface area (Å²) in [7, 11) is 0. The van der Waals surface area contributed by atoms with Crippen LogP contribution >= 0.6 is 0 Å². The van der Waals surface area contributed by atoms with Gasteiger partial charge in [0.2, 0.25) is 0 Å². The summed E-state index contributed by atoms with van der Waals surface area (Å²) < 4.78 is 25.7. The van der Waals surface area contributed by atoms with Crippen LogP contribution in [0.15, 0.2) is 6.20 Å². The van der Waals surface area contributed by atoms with Crippen LogP contribution in [0.5, 0.6) is 0 Å². The first-order valence-corrected chi connectivity index (χ1v) is 4.63. The van der Waals surface area contributed by atoms with Crippen LogP contribution in [-0.4, -0.2) is 16.2 Å². The monoisotopic (exact) mass is 202 g/mol. The van der Waals surface area contributed by atoms with E-state index in [2.05, 4.69) is 5.10 Å². The first-order chi connectivity index (χ1) is 6.32. The summed E-state index contributed by atoms with van der Waals surface area (Å²) in [5.41, 5.74) is 1.82. The number of rotatable bonds is 2. The van der Waals surface area contributed by atoms with Gasteiger partial charge >= 0.3 is 0 Å². The summed E-state index contributed by atoms with van der Waals surface area (Å²) in [5.74, 6) is 0. The lowest BCUT2D eigenvalue weighted by Gasteiger charge is -2.17. The summed E-state index contributed by atoms with van der Waals surface area (Å²) in [6.45, 7) is 7.65. The van der Waals surface area contributed by atoms with Gasteiger partial charge in [0.05, 0.1) is 6.20 Å². The molecule has 0 aromatic carbocycles. The molecule has 0 aliphatic heterocycles. The fourth-order valence-electron chi connectivity index (χ4n) is 1.50. The number of hydrogen-bond donors (Lipinski definition) is 0. The molecule has 0 bridgehead atoms. The fraction of sp³-hybridized carbons (Fsp3) is 0.700. The third kappa shape index (κ3) is 2.30. The lowest BCUT2D eigenvalue weighted by Crippen LogP contribution is -2.14. The highest BCUT2D eigenvalue weighted by molar-refractivity contribution is 5.24. The second-order valence-corrected chi connectivity index (χ2v) is 4.47. The number of aromatic nitrogens is 2. The number of halogens is 2. The van der Waals surface area contributed by atoms with E-state index < -0.39 is 6.43 Å². The van der Waals surface area contributed by atoms with Crippen LogP contribution in [0.3, 0.4) is 0 Å². The Kier molecular flexibility index (Phi) is 2.92. The lowest BCUT2D eigenvalue weighted by molar-refractivity contribution is 0.121. The van der Waals surface area contributed by atoms with Crippen molar-refractivity contribution in [1.82, 2.24) is 9.78 Å². The Morgan fingerprint density at radius 3 is 2.36 bits per heavy atom. The maximum Gasteiger partial charge on any atom is 0.257 e. The van der Waals surface area contributed by atoms with E-state index in [0.717, 1.165) is 11.3 Å². The lowest BCUT2D eigenvalue weighted by atomic mass is 9.88. The van der Waals surface area contributed by atoms with Crippen molar-refractivity contribution in [2.45, 2.75) is 46.1 Å². The van der Waals surface area contributed by atoms with Crippen molar-refractivity contribution in [2.75, 3.05) is 0 Å². The second kappa shape index (κ2) is 3.67. The minimum atomic E-state index is -2.35. The molecule has 0 radical (unpaired) electrons. The van der Waals surface area contributed by atoms with Crippen molar-refractivity contribution in [3.05, 3.63) is 17.5 Å². The van der Waals surface area contributed by atoms with Crippen LogP contribution in [0, 0.1) is 6.92 Å². The molecule has 2 nitrogen and oxygen atoms in total. The maximum absolute atomic E-state index is 12.1. The van der Waals surface area contributed by atoms with E-state index in [-0.39, 0.29) is 12.0 Å². The van der Waals surface area contributed by atoms with E-state index >= 15 is 0 Å². The standard InChI is InChI=1S/C10H16F2N2/c1-7-8(10(2,3)4)5-13-14(7)6-9(11)12/h5,9H,6H2,1-4H3. The minimum Gasteiger partial charge on any atom is -0.264 e. The number of alkyl halides is 2. The van der Waals surface area contributed by atoms with Gasteiger partial charge in [0, 0.05) is 5.69 Å². The van der Waals surface area contributed by atoms with Crippen LogP contribution in [0.1, 0.15) is 32.0 Å². The van der Waals surface area contributed by atoms with Gasteiger partial charge in [-0.1, -0.05) is 20.8 Å². The summed E-state index contributed by atoms with van der Waals surface area (Å²) in [5, 5.41) is 3.96. The predicted octanol–water partition coefficient (Wildman–Crippen LogP) is 2.75. The molecule has 1 aromatic heterocycles. The molecule has 1 heterocycles. The highest BCUT2D eigenvalue weighted by atomic mass is 19.3. The van der Waals surface area contributed by atoms with Crippen LogP contribution in [0.25, 0.3) is 0 Å². The van der Waals surface area contributed by atoms with E-state index in [1.807, 2.05) is 27.7 Å². The zero-order valence-corrected chi connectivity index (χ0v) is 9.01. The van der Waals surface area contributed by atoms with E-state index in [9.17, 15) is 8.78 Å². The molecule has 0 aliphatic carbocycles. The predicted molar refractivity (Wildman–Crippen MR) is 51.7 cm³/mol. The Hall–Kier alpha value is -0.930. The number of nitrogens with zero attached hydrogens (tertiary/aromatic N) is 2. The average Bonchev–Trinajstić information content (AvgIpc) is 2.30. The van der Waals surface area contributed by atoms with Crippen LogP contribution in [0.4, 0.5) is 8.78 Å². The molecular weight excluding hydrogens is 186 g/mol. The third-order valence-electron chi connectivity index (χ3n) is 2.22. The van der Waals surface area contributed by atoms with Gasteiger partial charge in [-0.2, -0.15) is 5.10 Å². The van der Waals surface area contributed by atoms with Crippen LogP contribution in [0.2, 0.25) is 0 Å². The molecule has 0 amide bonds. The van der Waals surface area contributed by atoms with Gasteiger partial charge in [-0.15, -0.1) is 0 Å². The quantitative estimate of drug-likeness (QED) is 0.721. The molecule has 0 aliphatic rings. The summed E-state index contributed by atoms with van der Waals surface area (Å²) >= 11 is 0. The van der Waals surface area contributed by atoms with Crippen molar-refractivity contribution in [2.24, 2.45) is 0 Å². The van der Waals surface area contributed by atoms with E-state index in [0.29, 0.717) is 0 Å². The molecule has 0 saturated carbocycles. The Bertz CT molecular complexity index is 310. The molecule has 4 heteroatoms. The molecular formula is C10H16F2N2. The van der Waals surface area contributed by atoms with E-state index in [4.69, 9.17) is 0 Å². The fourth-order valence-corrected chi connectivity index (χ4v) is 1.50. The first-order valence-electron chi connectivity index (χ1n) is 4.63. The van der Waals surface area contributed by atoms with Gasteiger partial charge in [-0.25, -0.2) is 8.78 Å². The highest BCUT2D eigenvalue weighted by Crippen LogP contribution is 2.25. The SMILES string of the molecule is Cc1c(C(C)(C)C)cnn1CC(F)F. The Morgan fingerprint density at radius 1 is 1.43 bits per heavy atom. The average molecular weight is 202 g/mol. The second-order valence-electron chi connectivity index (χ2n) is 4.47. The van der Waals surface area contributed by atoms with Crippen molar-refractivity contribution >= 4 is 0 Å². The molecule has 0 N–H and O–H groups in total. The topological polar surface area (TPSA) is 17.8 Å². The Labute approximate surface area is 82.9 Å². The molecule has 80 valence electrons. The van der Waals surface area contributed by atoms with E-state index in [1.54, 1.807) is 6.20 Å². The van der Waals surface area contributed by atoms with Gasteiger partial charge in [0.25, 0.3) is 6.43 Å². The maximum atomic E-state index is 12.1. The zero-order chi connectivity index (χ0) is 10.9. The molecule has 1 aromatic rings. The highest BCUT2D eigenvalue weighted by Gasteiger charge is 2.20. The van der Waals surface area contributed by atoms with Gasteiger partial charge < -0.3 is 0 Å². The smallest absolute Gasteiger partial charge is 0.257 e. The summed E-state index contributed by atoms with van der Waals surface area (Å²) in [4.78, 5) is 0. The molecule has 0 atom stereocenters. The zero-order valence-electron chi connectivity index (χ0n) is 9.01. The van der Waals surface area contributed by atoms with Gasteiger partial charge in [0.15, 0.2) is 0 Å². The molecule has 0 saturated heterocycles. The van der Waals surface area contributed by atoms with Gasteiger partial charge in [0.1, 0.15) is 6.54 Å². The Morgan fingerprint density at radius 2 is 2.00 bits per heavy atom. The van der Waals surface area contributed by atoms with E-state index in [1.165, 1.54) is 4.68 Å². The van der Waals surface area contributed by atoms with Crippen molar-refractivity contribution in [3.63, 3.8) is 0 Å². The van der Waals surface area contributed by atoms with Crippen molar-refractivity contribution < 1.29 is 8.78 Å². The molecule has 0 fully saturated rings. The van der Waals surface area contributed by atoms with Crippen LogP contribution < -0.4 is 0 Å². The van der Waals surface area contributed by atoms with Gasteiger partial charge in [-0.05, 0) is 17.9 Å². The normalized spacial score (nSPS) is 12.5. The molecule has 14 heavy (non-hydrogen) atoms. The van der Waals surface area contributed by atoms with Crippen LogP contribution in [-0.2, 0) is 12.0 Å². The summed E-state index contributed by atoms with van der Waals surface area (Å²) in [6.07, 6.45) is -0.668. The molecule has 0 spiro atoms. The van der Waals surface area contributed by atoms with Crippen molar-refractivity contribution in [3.8, 4) is 0 Å². The Balaban J connectivity index is 2.97. The largest absolute Gasteiger partial charge is 0.264 e. The minimum absolute atomic E-state index is 0.0372. The molecule has 1 rings (SSSR count). The first kappa shape index (κ1) is 11.1. The van der Waals surface area contributed by atoms with Crippen molar-refractivity contribution in [1.29, 1.82) is 0 Å². The molecule has 0 unspecified atom stereocenters. The number of hydrogen-bond acceptors (Lipinski definition) is 1. The van der Waals surface area contributed by atoms with Gasteiger partial charge in [-0.3, -0.25) is 4.68 Å². The third-order valence-corrected chi connectivity index (χ3v) is 2.22. The summed E-state index contributed by atoms with van der Waals surface area (Å²) in [6, 6.07) is 0.